The number of amides is 4. The number of benzene rings is 1. The van der Waals surface area contributed by atoms with E-state index in [1.165, 1.54) is 11.3 Å². The summed E-state index contributed by atoms with van der Waals surface area (Å²) in [6, 6.07) is 11.6. The Morgan fingerprint density at radius 3 is 2.39 bits per heavy atom. The quantitative estimate of drug-likeness (QED) is 0.713. The molecule has 3 saturated heterocycles. The first kappa shape index (κ1) is 20.0. The molecule has 0 aliphatic carbocycles. The fourth-order valence-corrected chi connectivity index (χ4v) is 5.64. The molecule has 3 fully saturated rings. The van der Waals surface area contributed by atoms with Crippen molar-refractivity contribution >= 4 is 34.2 Å². The number of hydrogen-bond donors (Lipinski definition) is 2. The Bertz CT molecular complexity index is 1010. The standard InChI is InChI=1S/C22H24N4O4S/c27-18(25-8-6-22(7-9-25)20(28)23-21(29)24-22)17-14-16(15-4-2-1-3-5-15)19(31-17)26-10-12-30-13-11-26/h1-5,14H,6-13H2,(H2,23,24,28,29). The number of anilines is 1. The molecule has 1 aromatic carbocycles. The molecule has 0 atom stereocenters. The highest BCUT2D eigenvalue weighted by Gasteiger charge is 2.48. The fourth-order valence-electron chi connectivity index (χ4n) is 4.44. The SMILES string of the molecule is O=C1NC(=O)C2(CCN(C(=O)c3cc(-c4ccccc4)c(N4CCOCC4)s3)CC2)N1. The Labute approximate surface area is 184 Å². The van der Waals surface area contributed by atoms with Crippen LogP contribution in [0.2, 0.25) is 0 Å². The van der Waals surface area contributed by atoms with E-state index < -0.39 is 11.6 Å². The normalized spacial score (nSPS) is 20.6. The van der Waals surface area contributed by atoms with Crippen molar-refractivity contribution in [2.75, 3.05) is 44.3 Å². The van der Waals surface area contributed by atoms with Crippen LogP contribution in [-0.4, -0.2) is 67.7 Å². The molecule has 0 saturated carbocycles. The maximum Gasteiger partial charge on any atom is 0.322 e. The van der Waals surface area contributed by atoms with E-state index in [1.807, 2.05) is 24.3 Å². The second kappa shape index (κ2) is 7.97. The molecule has 2 N–H and O–H groups in total. The molecule has 2 aromatic rings. The first-order valence-electron chi connectivity index (χ1n) is 10.5. The number of hydrogen-bond acceptors (Lipinski definition) is 6. The minimum absolute atomic E-state index is 0.0266. The third kappa shape index (κ3) is 3.68. The van der Waals surface area contributed by atoms with Gasteiger partial charge in [0, 0.05) is 31.7 Å². The maximum atomic E-state index is 13.3. The second-order valence-corrected chi connectivity index (χ2v) is 9.11. The van der Waals surface area contributed by atoms with Crippen molar-refractivity contribution in [3.63, 3.8) is 0 Å². The van der Waals surface area contributed by atoms with E-state index in [2.05, 4.69) is 27.7 Å². The summed E-state index contributed by atoms with van der Waals surface area (Å²) in [4.78, 5) is 41.8. The Hall–Kier alpha value is -2.91. The molecule has 162 valence electrons. The van der Waals surface area contributed by atoms with Crippen LogP contribution in [0.1, 0.15) is 22.5 Å². The molecule has 0 radical (unpaired) electrons. The number of carbonyl (C=O) groups excluding carboxylic acids is 3. The van der Waals surface area contributed by atoms with Crippen LogP contribution >= 0.6 is 11.3 Å². The number of morpholine rings is 1. The van der Waals surface area contributed by atoms with Crippen LogP contribution in [-0.2, 0) is 9.53 Å². The summed E-state index contributed by atoms with van der Waals surface area (Å²) in [6.45, 7) is 3.81. The summed E-state index contributed by atoms with van der Waals surface area (Å²) in [5.41, 5.74) is 1.27. The molecule has 1 aromatic heterocycles. The molecular weight excluding hydrogens is 416 g/mol. The van der Waals surface area contributed by atoms with Crippen molar-refractivity contribution in [2.45, 2.75) is 18.4 Å². The number of thiophene rings is 1. The molecule has 31 heavy (non-hydrogen) atoms. The van der Waals surface area contributed by atoms with Gasteiger partial charge in [0.15, 0.2) is 0 Å². The van der Waals surface area contributed by atoms with E-state index in [9.17, 15) is 14.4 Å². The van der Waals surface area contributed by atoms with Gasteiger partial charge in [-0.15, -0.1) is 11.3 Å². The summed E-state index contributed by atoms with van der Waals surface area (Å²) < 4.78 is 5.50. The van der Waals surface area contributed by atoms with E-state index >= 15 is 0 Å². The van der Waals surface area contributed by atoms with Crippen LogP contribution in [0.15, 0.2) is 36.4 Å². The van der Waals surface area contributed by atoms with Crippen LogP contribution in [0.5, 0.6) is 0 Å². The third-order valence-corrected chi connectivity index (χ3v) is 7.41. The molecule has 1 spiro atoms. The molecule has 3 aliphatic heterocycles. The van der Waals surface area contributed by atoms with Crippen LogP contribution in [0.3, 0.4) is 0 Å². The Balaban J connectivity index is 1.39. The topological polar surface area (TPSA) is 91.0 Å². The van der Waals surface area contributed by atoms with Crippen molar-refractivity contribution in [2.24, 2.45) is 0 Å². The van der Waals surface area contributed by atoms with Crippen molar-refractivity contribution in [1.82, 2.24) is 15.5 Å². The van der Waals surface area contributed by atoms with Crippen LogP contribution in [0.25, 0.3) is 11.1 Å². The van der Waals surface area contributed by atoms with Gasteiger partial charge in [-0.3, -0.25) is 14.9 Å². The van der Waals surface area contributed by atoms with Gasteiger partial charge in [0.25, 0.3) is 11.8 Å². The van der Waals surface area contributed by atoms with Gasteiger partial charge in [-0.2, -0.15) is 0 Å². The van der Waals surface area contributed by atoms with Gasteiger partial charge >= 0.3 is 6.03 Å². The molecule has 4 heterocycles. The first-order valence-corrected chi connectivity index (χ1v) is 11.3. The Morgan fingerprint density at radius 2 is 1.74 bits per heavy atom. The lowest BCUT2D eigenvalue weighted by Gasteiger charge is -2.36. The summed E-state index contributed by atoms with van der Waals surface area (Å²) >= 11 is 1.52. The molecule has 9 heteroatoms. The van der Waals surface area contributed by atoms with Gasteiger partial charge in [-0.1, -0.05) is 30.3 Å². The number of piperidine rings is 1. The predicted octanol–water partition coefficient (Wildman–Crippen LogP) is 2.07. The van der Waals surface area contributed by atoms with E-state index in [4.69, 9.17) is 4.74 Å². The van der Waals surface area contributed by atoms with Crippen molar-refractivity contribution in [3.05, 3.63) is 41.3 Å². The highest BCUT2D eigenvalue weighted by molar-refractivity contribution is 7.18. The van der Waals surface area contributed by atoms with Crippen LogP contribution in [0.4, 0.5) is 9.80 Å². The Morgan fingerprint density at radius 1 is 1.03 bits per heavy atom. The number of rotatable bonds is 3. The smallest absolute Gasteiger partial charge is 0.322 e. The number of likely N-dealkylation sites (tertiary alicyclic amines) is 1. The summed E-state index contributed by atoms with van der Waals surface area (Å²) in [6.07, 6.45) is 0.840. The van der Waals surface area contributed by atoms with E-state index in [-0.39, 0.29) is 11.8 Å². The van der Waals surface area contributed by atoms with Gasteiger partial charge in [0.05, 0.1) is 23.1 Å². The minimum Gasteiger partial charge on any atom is -0.378 e. The summed E-state index contributed by atoms with van der Waals surface area (Å²) in [5, 5.41) is 6.15. The van der Waals surface area contributed by atoms with E-state index in [1.54, 1.807) is 4.90 Å². The molecule has 0 unspecified atom stereocenters. The van der Waals surface area contributed by atoms with Gasteiger partial charge in [0.1, 0.15) is 5.54 Å². The molecule has 4 amide bonds. The first-order chi connectivity index (χ1) is 15.1. The number of imide groups is 1. The molecule has 0 bridgehead atoms. The summed E-state index contributed by atoms with van der Waals surface area (Å²) in [5.74, 6) is -0.317. The van der Waals surface area contributed by atoms with Crippen molar-refractivity contribution in [3.8, 4) is 11.1 Å². The Kier molecular flexibility index (Phi) is 5.15. The maximum absolute atomic E-state index is 13.3. The van der Waals surface area contributed by atoms with Crippen molar-refractivity contribution < 1.29 is 19.1 Å². The lowest BCUT2D eigenvalue weighted by molar-refractivity contribution is -0.125. The molecular formula is C22H24N4O4S. The zero-order valence-corrected chi connectivity index (χ0v) is 17.9. The van der Waals surface area contributed by atoms with Crippen molar-refractivity contribution in [1.29, 1.82) is 0 Å². The average molecular weight is 441 g/mol. The highest BCUT2D eigenvalue weighted by atomic mass is 32.1. The van der Waals surface area contributed by atoms with E-state index in [0.717, 1.165) is 29.2 Å². The van der Waals surface area contributed by atoms with Gasteiger partial charge < -0.3 is 19.9 Å². The monoisotopic (exact) mass is 440 g/mol. The number of ether oxygens (including phenoxy) is 1. The number of nitrogens with zero attached hydrogens (tertiary/aromatic N) is 2. The lowest BCUT2D eigenvalue weighted by Crippen LogP contribution is -2.55. The zero-order chi connectivity index (χ0) is 21.4. The van der Waals surface area contributed by atoms with Gasteiger partial charge in [-0.05, 0) is 24.5 Å². The molecule has 8 nitrogen and oxygen atoms in total. The largest absolute Gasteiger partial charge is 0.378 e. The zero-order valence-electron chi connectivity index (χ0n) is 17.1. The number of urea groups is 1. The molecule has 5 rings (SSSR count). The third-order valence-electron chi connectivity index (χ3n) is 6.23. The van der Waals surface area contributed by atoms with Gasteiger partial charge in [-0.25, -0.2) is 4.79 Å². The minimum atomic E-state index is -0.878. The second-order valence-electron chi connectivity index (χ2n) is 8.08. The average Bonchev–Trinajstić information content (AvgIpc) is 3.36. The lowest BCUT2D eigenvalue weighted by atomic mass is 9.87. The van der Waals surface area contributed by atoms with Crippen LogP contribution < -0.4 is 15.5 Å². The summed E-state index contributed by atoms with van der Waals surface area (Å²) in [7, 11) is 0. The number of carbonyl (C=O) groups is 3. The predicted molar refractivity (Wildman–Crippen MR) is 117 cm³/mol. The highest BCUT2D eigenvalue weighted by Crippen LogP contribution is 2.40. The van der Waals surface area contributed by atoms with E-state index in [0.29, 0.717) is 44.0 Å². The fraction of sp³-hybridized carbons (Fsp3) is 0.409. The van der Waals surface area contributed by atoms with Crippen LogP contribution in [0, 0.1) is 0 Å². The number of nitrogens with one attached hydrogen (secondary N) is 2. The van der Waals surface area contributed by atoms with Gasteiger partial charge in [0.2, 0.25) is 0 Å². The molecule has 3 aliphatic rings.